The summed E-state index contributed by atoms with van der Waals surface area (Å²) in [7, 11) is 0. The van der Waals surface area contributed by atoms with Gasteiger partial charge in [0.1, 0.15) is 0 Å². The van der Waals surface area contributed by atoms with Gasteiger partial charge in [-0.25, -0.2) is 0 Å². The molecule has 1 aromatic heterocycles. The zero-order valence-electron chi connectivity index (χ0n) is 5.91. The fourth-order valence-electron chi connectivity index (χ4n) is 1.02. The first-order chi connectivity index (χ1) is 5.83. The summed E-state index contributed by atoms with van der Waals surface area (Å²) in [4.78, 5) is 0. The van der Waals surface area contributed by atoms with Crippen LogP contribution in [-0.4, -0.2) is 4.37 Å². The Morgan fingerprint density at radius 3 is 3.08 bits per heavy atom. The second-order valence-electron chi connectivity index (χ2n) is 2.28. The van der Waals surface area contributed by atoms with E-state index in [9.17, 15) is 0 Å². The van der Waals surface area contributed by atoms with Gasteiger partial charge in [-0.05, 0) is 23.7 Å². The van der Waals surface area contributed by atoms with Gasteiger partial charge in [0, 0.05) is 11.6 Å². The number of hydrogen-bond acceptors (Lipinski definition) is 3. The minimum Gasteiger partial charge on any atom is -0.200 e. The van der Waals surface area contributed by atoms with E-state index in [1.807, 2.05) is 0 Å². The molecule has 0 atom stereocenters. The van der Waals surface area contributed by atoms with Crippen molar-refractivity contribution in [2.24, 2.45) is 0 Å². The van der Waals surface area contributed by atoms with E-state index in [0.717, 1.165) is 10.1 Å². The average molecular weight is 195 g/mol. The van der Waals surface area contributed by atoms with Gasteiger partial charge in [0.05, 0.1) is 21.4 Å². The van der Waals surface area contributed by atoms with Gasteiger partial charge in [-0.15, -0.1) is 0 Å². The number of nitriles is 1. The molecule has 2 aromatic rings. The molecular weight excluding hydrogens is 192 g/mol. The van der Waals surface area contributed by atoms with Crippen molar-refractivity contribution >= 4 is 33.2 Å². The summed E-state index contributed by atoms with van der Waals surface area (Å²) in [6.45, 7) is 0. The minimum absolute atomic E-state index is 0.628. The predicted molar refractivity (Wildman–Crippen MR) is 49.3 cm³/mol. The first kappa shape index (κ1) is 7.53. The van der Waals surface area contributed by atoms with Crippen LogP contribution in [0, 0.1) is 11.3 Å². The average Bonchev–Trinajstić information content (AvgIpc) is 2.54. The quantitative estimate of drug-likeness (QED) is 0.647. The van der Waals surface area contributed by atoms with Crippen molar-refractivity contribution in [2.75, 3.05) is 0 Å². The highest BCUT2D eigenvalue weighted by molar-refractivity contribution is 7.14. The standard InChI is InChI=1S/C8H3ClN2S/c9-7-2-1-5(3-10)6-4-11-12-8(6)7/h1-2,4H. The Morgan fingerprint density at radius 1 is 1.50 bits per heavy atom. The van der Waals surface area contributed by atoms with Crippen molar-refractivity contribution < 1.29 is 0 Å². The zero-order valence-corrected chi connectivity index (χ0v) is 7.49. The lowest BCUT2D eigenvalue weighted by atomic mass is 10.2. The molecule has 0 aliphatic carbocycles. The number of fused-ring (bicyclic) bond motifs is 1. The van der Waals surface area contributed by atoms with Crippen LogP contribution in [0.2, 0.25) is 5.02 Å². The van der Waals surface area contributed by atoms with Crippen molar-refractivity contribution in [1.82, 2.24) is 4.37 Å². The second-order valence-corrected chi connectivity index (χ2v) is 3.48. The van der Waals surface area contributed by atoms with Crippen molar-refractivity contribution in [3.05, 3.63) is 28.9 Å². The maximum absolute atomic E-state index is 8.73. The lowest BCUT2D eigenvalue weighted by molar-refractivity contribution is 1.50. The van der Waals surface area contributed by atoms with E-state index in [2.05, 4.69) is 10.4 Å². The molecule has 0 saturated carbocycles. The fourth-order valence-corrected chi connectivity index (χ4v) is 1.97. The van der Waals surface area contributed by atoms with E-state index < -0.39 is 0 Å². The smallest absolute Gasteiger partial charge is 0.0999 e. The van der Waals surface area contributed by atoms with Crippen molar-refractivity contribution in [1.29, 1.82) is 5.26 Å². The van der Waals surface area contributed by atoms with Crippen LogP contribution in [0.4, 0.5) is 0 Å². The number of halogens is 1. The van der Waals surface area contributed by atoms with Gasteiger partial charge in [0.15, 0.2) is 0 Å². The molecule has 12 heavy (non-hydrogen) atoms. The highest BCUT2D eigenvalue weighted by Gasteiger charge is 2.05. The third-order valence-electron chi connectivity index (χ3n) is 1.59. The van der Waals surface area contributed by atoms with Crippen LogP contribution in [0.5, 0.6) is 0 Å². The number of hydrogen-bond donors (Lipinski definition) is 0. The molecule has 1 heterocycles. The molecule has 58 valence electrons. The first-order valence-electron chi connectivity index (χ1n) is 3.26. The Labute approximate surface area is 78.2 Å². The number of aromatic nitrogens is 1. The van der Waals surface area contributed by atoms with E-state index in [0.29, 0.717) is 10.6 Å². The molecule has 2 rings (SSSR count). The molecule has 2 nitrogen and oxygen atoms in total. The van der Waals surface area contributed by atoms with Gasteiger partial charge in [-0.3, -0.25) is 0 Å². The molecule has 1 aromatic carbocycles. The molecule has 0 N–H and O–H groups in total. The molecular formula is C8H3ClN2S. The van der Waals surface area contributed by atoms with Crippen LogP contribution in [0.1, 0.15) is 5.56 Å². The number of nitrogens with zero attached hydrogens (tertiary/aromatic N) is 2. The van der Waals surface area contributed by atoms with Gasteiger partial charge < -0.3 is 0 Å². The van der Waals surface area contributed by atoms with Gasteiger partial charge in [0.2, 0.25) is 0 Å². The molecule has 0 bridgehead atoms. The Kier molecular flexibility index (Phi) is 1.72. The molecule has 0 radical (unpaired) electrons. The van der Waals surface area contributed by atoms with Crippen molar-refractivity contribution in [2.45, 2.75) is 0 Å². The molecule has 0 aliphatic rings. The Hall–Kier alpha value is -1.11. The van der Waals surface area contributed by atoms with Crippen LogP contribution in [0.25, 0.3) is 10.1 Å². The van der Waals surface area contributed by atoms with Crippen LogP contribution < -0.4 is 0 Å². The first-order valence-corrected chi connectivity index (χ1v) is 4.41. The van der Waals surface area contributed by atoms with E-state index in [1.165, 1.54) is 11.5 Å². The van der Waals surface area contributed by atoms with Gasteiger partial charge in [-0.2, -0.15) is 9.64 Å². The summed E-state index contributed by atoms with van der Waals surface area (Å²) >= 11 is 7.20. The molecule has 0 spiro atoms. The third-order valence-corrected chi connectivity index (χ3v) is 2.85. The molecule has 4 heteroatoms. The van der Waals surface area contributed by atoms with E-state index >= 15 is 0 Å². The maximum atomic E-state index is 8.73. The largest absolute Gasteiger partial charge is 0.200 e. The summed E-state index contributed by atoms with van der Waals surface area (Å²) in [6.07, 6.45) is 1.67. The Morgan fingerprint density at radius 2 is 2.33 bits per heavy atom. The second kappa shape index (κ2) is 2.74. The molecule has 0 saturated heterocycles. The summed E-state index contributed by atoms with van der Waals surface area (Å²) in [6, 6.07) is 5.52. The van der Waals surface area contributed by atoms with Crippen LogP contribution in [-0.2, 0) is 0 Å². The van der Waals surface area contributed by atoms with Gasteiger partial charge in [-0.1, -0.05) is 11.6 Å². The van der Waals surface area contributed by atoms with Crippen molar-refractivity contribution in [3.63, 3.8) is 0 Å². The highest BCUT2D eigenvalue weighted by Crippen LogP contribution is 2.28. The highest BCUT2D eigenvalue weighted by atomic mass is 35.5. The Balaban J connectivity index is 2.94. The summed E-state index contributed by atoms with van der Waals surface area (Å²) < 4.78 is 4.86. The zero-order chi connectivity index (χ0) is 8.55. The lowest BCUT2D eigenvalue weighted by Crippen LogP contribution is -1.74. The molecule has 0 amide bonds. The number of benzene rings is 1. The number of rotatable bonds is 0. The SMILES string of the molecule is N#Cc1ccc(Cl)c2sncc12. The predicted octanol–water partition coefficient (Wildman–Crippen LogP) is 2.82. The summed E-state index contributed by atoms with van der Waals surface area (Å²) in [5.41, 5.74) is 0.628. The normalized spacial score (nSPS) is 10.0. The molecule has 0 unspecified atom stereocenters. The van der Waals surface area contributed by atoms with E-state index in [4.69, 9.17) is 16.9 Å². The maximum Gasteiger partial charge on any atom is 0.0999 e. The fraction of sp³-hybridized carbons (Fsp3) is 0. The molecule has 0 fully saturated rings. The van der Waals surface area contributed by atoms with E-state index in [1.54, 1.807) is 18.3 Å². The van der Waals surface area contributed by atoms with Crippen LogP contribution in [0.3, 0.4) is 0 Å². The van der Waals surface area contributed by atoms with Gasteiger partial charge >= 0.3 is 0 Å². The summed E-state index contributed by atoms with van der Waals surface area (Å²) in [5.74, 6) is 0. The molecule has 0 aliphatic heterocycles. The van der Waals surface area contributed by atoms with Crippen LogP contribution >= 0.6 is 23.1 Å². The minimum atomic E-state index is 0.628. The van der Waals surface area contributed by atoms with Crippen LogP contribution in [0.15, 0.2) is 18.3 Å². The Bertz CT molecular complexity index is 469. The monoisotopic (exact) mass is 194 g/mol. The van der Waals surface area contributed by atoms with Gasteiger partial charge in [0.25, 0.3) is 0 Å². The lowest BCUT2D eigenvalue weighted by Gasteiger charge is -1.92. The third kappa shape index (κ3) is 0.970. The van der Waals surface area contributed by atoms with E-state index in [-0.39, 0.29) is 0 Å². The topological polar surface area (TPSA) is 36.7 Å². The van der Waals surface area contributed by atoms with Crippen molar-refractivity contribution in [3.8, 4) is 6.07 Å². The summed E-state index contributed by atoms with van der Waals surface area (Å²) in [5, 5.41) is 10.2.